The fourth-order valence-corrected chi connectivity index (χ4v) is 4.70. The van der Waals surface area contributed by atoms with E-state index in [1.54, 1.807) is 9.80 Å². The smallest absolute Gasteiger partial charge is 0.254 e. The first-order chi connectivity index (χ1) is 12.6. The molecule has 26 heavy (non-hydrogen) atoms. The van der Waals surface area contributed by atoms with Crippen LogP contribution in [0.4, 0.5) is 0 Å². The maximum absolute atomic E-state index is 12.7. The Morgan fingerprint density at radius 3 is 2.15 bits per heavy atom. The first-order valence-electron chi connectivity index (χ1n) is 8.88. The lowest BCUT2D eigenvalue weighted by Crippen LogP contribution is -2.85. The molecule has 2 amide bonds. The summed E-state index contributed by atoms with van der Waals surface area (Å²) in [6.45, 7) is 2.45. The number of aliphatic hydroxyl groups is 1. The summed E-state index contributed by atoms with van der Waals surface area (Å²) in [5, 5.41) is 9.87. The van der Waals surface area contributed by atoms with Gasteiger partial charge in [0.25, 0.3) is 5.91 Å². The van der Waals surface area contributed by atoms with E-state index in [9.17, 15) is 14.7 Å². The van der Waals surface area contributed by atoms with Gasteiger partial charge in [0.05, 0.1) is 18.2 Å². The summed E-state index contributed by atoms with van der Waals surface area (Å²) in [5.74, 6) is -0.0283. The molecule has 0 unspecified atom stereocenters. The highest BCUT2D eigenvalue weighted by Gasteiger charge is 2.67. The maximum Gasteiger partial charge on any atom is 0.254 e. The summed E-state index contributed by atoms with van der Waals surface area (Å²) >= 11 is 0. The summed E-state index contributed by atoms with van der Waals surface area (Å²) in [6.07, 6.45) is 0. The third-order valence-corrected chi connectivity index (χ3v) is 5.70. The van der Waals surface area contributed by atoms with Gasteiger partial charge in [-0.2, -0.15) is 0 Å². The molecular formula is C21H22N2O3. The van der Waals surface area contributed by atoms with Crippen LogP contribution in [0.3, 0.4) is 0 Å². The van der Waals surface area contributed by atoms with Gasteiger partial charge in [0, 0.05) is 31.5 Å². The normalized spacial score (nSPS) is 23.3. The molecular weight excluding hydrogens is 328 g/mol. The number of nitrogens with zero attached hydrogens (tertiary/aromatic N) is 2. The van der Waals surface area contributed by atoms with Crippen LogP contribution < -0.4 is 0 Å². The second kappa shape index (κ2) is 6.25. The molecule has 2 aromatic carbocycles. The lowest BCUT2D eigenvalue weighted by Gasteiger charge is -2.70. The fraction of sp³-hybridized carbons (Fsp3) is 0.333. The van der Waals surface area contributed by atoms with Gasteiger partial charge >= 0.3 is 0 Å². The molecule has 2 atom stereocenters. The molecule has 0 aromatic heterocycles. The van der Waals surface area contributed by atoms with Crippen LogP contribution in [-0.2, 0) is 4.79 Å². The number of likely N-dealkylation sites (tertiary alicyclic amines) is 2. The standard InChI is InChI=1S/C21H22N2O3/c1-15(25)23-18(12-24)19(16-8-4-2-5-9-16)21(23)13-22(14-21)20(26)17-10-6-3-7-11-17/h2-11,18-19,24H,12-14H2,1H3/t18-,19-/m1/s1. The molecule has 4 rings (SSSR count). The molecule has 2 aliphatic heterocycles. The topological polar surface area (TPSA) is 60.9 Å². The van der Waals surface area contributed by atoms with Crippen molar-refractivity contribution < 1.29 is 14.7 Å². The van der Waals surface area contributed by atoms with Gasteiger partial charge in [-0.15, -0.1) is 0 Å². The van der Waals surface area contributed by atoms with Crippen LogP contribution in [0.1, 0.15) is 28.8 Å². The Labute approximate surface area is 152 Å². The zero-order valence-electron chi connectivity index (χ0n) is 14.7. The van der Waals surface area contributed by atoms with E-state index in [0.29, 0.717) is 18.7 Å². The van der Waals surface area contributed by atoms with Crippen molar-refractivity contribution in [1.29, 1.82) is 0 Å². The van der Waals surface area contributed by atoms with Crippen LogP contribution in [0.2, 0.25) is 0 Å². The minimum atomic E-state index is -0.412. The van der Waals surface area contributed by atoms with Gasteiger partial charge in [-0.25, -0.2) is 0 Å². The summed E-state index contributed by atoms with van der Waals surface area (Å²) in [5.41, 5.74) is 1.35. The average molecular weight is 350 g/mol. The highest BCUT2D eigenvalue weighted by molar-refractivity contribution is 5.95. The van der Waals surface area contributed by atoms with E-state index < -0.39 is 5.54 Å². The van der Waals surface area contributed by atoms with Crippen molar-refractivity contribution in [3.05, 3.63) is 71.8 Å². The molecule has 0 aliphatic carbocycles. The van der Waals surface area contributed by atoms with Gasteiger partial charge in [-0.05, 0) is 17.7 Å². The van der Waals surface area contributed by atoms with Gasteiger partial charge in [-0.3, -0.25) is 9.59 Å². The molecule has 134 valence electrons. The van der Waals surface area contributed by atoms with Crippen molar-refractivity contribution in [2.24, 2.45) is 0 Å². The third kappa shape index (κ3) is 2.35. The van der Waals surface area contributed by atoms with Crippen LogP contribution >= 0.6 is 0 Å². The van der Waals surface area contributed by atoms with Crippen molar-refractivity contribution in [3.8, 4) is 0 Å². The van der Waals surface area contributed by atoms with Crippen LogP contribution in [-0.4, -0.2) is 58.0 Å². The Hall–Kier alpha value is -2.66. The van der Waals surface area contributed by atoms with Gasteiger partial charge in [0.15, 0.2) is 0 Å². The summed E-state index contributed by atoms with van der Waals surface area (Å²) < 4.78 is 0. The number of rotatable bonds is 3. The number of hydrogen-bond donors (Lipinski definition) is 1. The number of amides is 2. The minimum Gasteiger partial charge on any atom is -0.394 e. The van der Waals surface area contributed by atoms with Crippen LogP contribution in [0.15, 0.2) is 60.7 Å². The largest absolute Gasteiger partial charge is 0.394 e. The number of hydrogen-bond acceptors (Lipinski definition) is 3. The number of carbonyl (C=O) groups excluding carboxylic acids is 2. The predicted octanol–water partition coefficient (Wildman–Crippen LogP) is 1.89. The Balaban J connectivity index is 1.61. The van der Waals surface area contributed by atoms with Gasteiger partial charge < -0.3 is 14.9 Å². The zero-order valence-corrected chi connectivity index (χ0v) is 14.7. The van der Waals surface area contributed by atoms with Crippen molar-refractivity contribution in [2.75, 3.05) is 19.7 Å². The molecule has 1 spiro atoms. The van der Waals surface area contributed by atoms with Crippen molar-refractivity contribution >= 4 is 11.8 Å². The lowest BCUT2D eigenvalue weighted by atomic mass is 9.60. The predicted molar refractivity (Wildman–Crippen MR) is 97.7 cm³/mol. The second-order valence-electron chi connectivity index (χ2n) is 7.16. The highest BCUT2D eigenvalue weighted by Crippen LogP contribution is 2.53. The van der Waals surface area contributed by atoms with Crippen molar-refractivity contribution in [3.63, 3.8) is 0 Å². The van der Waals surface area contributed by atoms with Gasteiger partial charge in [0.1, 0.15) is 0 Å². The van der Waals surface area contributed by atoms with E-state index in [4.69, 9.17) is 0 Å². The molecule has 0 bridgehead atoms. The van der Waals surface area contributed by atoms with E-state index in [0.717, 1.165) is 5.56 Å². The van der Waals surface area contributed by atoms with Crippen LogP contribution in [0.5, 0.6) is 0 Å². The average Bonchev–Trinajstić information content (AvgIpc) is 2.61. The second-order valence-corrected chi connectivity index (χ2v) is 7.16. The molecule has 2 heterocycles. The molecule has 0 radical (unpaired) electrons. The van der Waals surface area contributed by atoms with Crippen molar-refractivity contribution in [1.82, 2.24) is 9.80 Å². The van der Waals surface area contributed by atoms with E-state index in [2.05, 4.69) is 0 Å². The molecule has 2 fully saturated rings. The molecule has 2 aliphatic rings. The maximum atomic E-state index is 12.7. The van der Waals surface area contributed by atoms with Crippen molar-refractivity contribution in [2.45, 2.75) is 24.4 Å². The summed E-state index contributed by atoms with van der Waals surface area (Å²) in [6, 6.07) is 18.9. The third-order valence-electron chi connectivity index (χ3n) is 5.70. The number of carbonyl (C=O) groups is 2. The lowest BCUT2D eigenvalue weighted by molar-refractivity contribution is -0.191. The SMILES string of the molecule is CC(=O)N1[C@H](CO)[C@@H](c2ccccc2)C12CN(C(=O)c1ccccc1)C2. The highest BCUT2D eigenvalue weighted by atomic mass is 16.3. The van der Waals surface area contributed by atoms with Gasteiger partial charge in [-0.1, -0.05) is 48.5 Å². The Kier molecular flexibility index (Phi) is 4.04. The zero-order chi connectivity index (χ0) is 18.3. The molecule has 2 saturated heterocycles. The fourth-order valence-electron chi connectivity index (χ4n) is 4.70. The van der Waals surface area contributed by atoms with Crippen LogP contribution in [0, 0.1) is 0 Å². The van der Waals surface area contributed by atoms with E-state index in [-0.39, 0.29) is 30.4 Å². The van der Waals surface area contributed by atoms with E-state index in [1.165, 1.54) is 6.92 Å². The monoisotopic (exact) mass is 350 g/mol. The quantitative estimate of drug-likeness (QED) is 0.920. The van der Waals surface area contributed by atoms with Crippen LogP contribution in [0.25, 0.3) is 0 Å². The summed E-state index contributed by atoms with van der Waals surface area (Å²) in [7, 11) is 0. The molecule has 2 aromatic rings. The first kappa shape index (κ1) is 16.8. The molecule has 5 nitrogen and oxygen atoms in total. The molecule has 5 heteroatoms. The van der Waals surface area contributed by atoms with E-state index in [1.807, 2.05) is 60.7 Å². The first-order valence-corrected chi connectivity index (χ1v) is 8.88. The Morgan fingerprint density at radius 2 is 1.62 bits per heavy atom. The Morgan fingerprint density at radius 1 is 1.04 bits per heavy atom. The summed E-state index contributed by atoms with van der Waals surface area (Å²) in [4.78, 5) is 28.5. The minimum absolute atomic E-state index is 0.0148. The molecule has 1 N–H and O–H groups in total. The van der Waals surface area contributed by atoms with E-state index >= 15 is 0 Å². The number of benzene rings is 2. The van der Waals surface area contributed by atoms with Gasteiger partial charge in [0.2, 0.25) is 5.91 Å². The Bertz CT molecular complexity index is 816. The number of aliphatic hydroxyl groups excluding tert-OH is 1. The molecule has 0 saturated carbocycles.